The molecule has 17 heteroatoms. The number of rotatable bonds is 16. The second-order valence-electron chi connectivity index (χ2n) is 10.8. The highest BCUT2D eigenvalue weighted by Crippen LogP contribution is 2.40. The molecule has 0 aliphatic carbocycles. The number of carbonyl (C=O) groups excluding carboxylic acids is 2. The summed E-state index contributed by atoms with van der Waals surface area (Å²) >= 11 is 0.993. The quantitative estimate of drug-likeness (QED) is 0.0660. The molecule has 1 amide bonds. The van der Waals surface area contributed by atoms with Gasteiger partial charge in [0.2, 0.25) is 0 Å². The Morgan fingerprint density at radius 3 is 2.58 bits per heavy atom. The average Bonchev–Trinajstić information content (AvgIpc) is 3.41. The van der Waals surface area contributed by atoms with Crippen molar-refractivity contribution in [1.29, 1.82) is 0 Å². The van der Waals surface area contributed by atoms with E-state index < -0.39 is 64.4 Å². The molecule has 1 aromatic carbocycles. The van der Waals surface area contributed by atoms with Crippen molar-refractivity contribution >= 4 is 61.1 Å². The van der Waals surface area contributed by atoms with E-state index in [2.05, 4.69) is 26.3 Å². The summed E-state index contributed by atoms with van der Waals surface area (Å²) in [5, 5.41) is 16.3. The van der Waals surface area contributed by atoms with Crippen LogP contribution in [0.1, 0.15) is 57.8 Å². The van der Waals surface area contributed by atoms with E-state index >= 15 is 0 Å². The third-order valence-electron chi connectivity index (χ3n) is 7.16. The van der Waals surface area contributed by atoms with Crippen molar-refractivity contribution in [1.82, 2.24) is 15.0 Å². The van der Waals surface area contributed by atoms with Crippen LogP contribution in [0.15, 0.2) is 40.9 Å². The highest BCUT2D eigenvalue weighted by molar-refractivity contribution is 7.80. The number of ether oxygens (including phenoxy) is 1. The molecule has 1 fully saturated rings. The highest BCUT2D eigenvalue weighted by Gasteiger charge is 2.57. The van der Waals surface area contributed by atoms with Gasteiger partial charge in [0.15, 0.2) is 16.6 Å². The van der Waals surface area contributed by atoms with Crippen LogP contribution in [0.3, 0.4) is 0 Å². The first-order chi connectivity index (χ1) is 21.2. The fourth-order valence-electron chi connectivity index (χ4n) is 4.65. The van der Waals surface area contributed by atoms with E-state index in [1.54, 1.807) is 18.2 Å². The number of fused-ring (bicyclic) bond motifs is 1. The minimum Gasteiger partial charge on any atom is -0.489 e. The Hall–Kier alpha value is -4.19. The van der Waals surface area contributed by atoms with Gasteiger partial charge in [-0.15, -0.1) is 15.6 Å². The molecule has 0 bridgehead atoms. The lowest BCUT2D eigenvalue weighted by molar-refractivity contribution is -0.228. The van der Waals surface area contributed by atoms with Crippen LogP contribution in [0.4, 0.5) is 5.13 Å². The molecule has 4 rings (SSSR count). The van der Waals surface area contributed by atoms with Crippen molar-refractivity contribution in [3.63, 3.8) is 0 Å². The number of carboxylic acids is 1. The number of nitrogens with zero attached hydrogens (tertiary/aromatic N) is 4. The second-order valence-corrected chi connectivity index (χ2v) is 12.7. The largest absolute Gasteiger partial charge is 0.489 e. The lowest BCUT2D eigenvalue weighted by Crippen LogP contribution is -2.68. The third kappa shape index (κ3) is 8.30. The number of thiazole rings is 1. The normalized spacial score (nSPS) is 17.2. The monoisotopic (exact) mass is 663 g/mol. The first kappa shape index (κ1) is 33.7. The number of aryl methyl sites for hydroxylation is 1. The topological polar surface area (TPSA) is 221 Å². The molecule has 242 valence electrons. The zero-order chi connectivity index (χ0) is 32.9. The summed E-state index contributed by atoms with van der Waals surface area (Å²) in [5.41, 5.74) is 5.75. The van der Waals surface area contributed by atoms with E-state index in [4.69, 9.17) is 19.9 Å². The van der Waals surface area contributed by atoms with Gasteiger partial charge < -0.3 is 20.4 Å². The van der Waals surface area contributed by atoms with Gasteiger partial charge in [-0.3, -0.25) is 19.1 Å². The Kier molecular flexibility index (Phi) is 10.4. The van der Waals surface area contributed by atoms with Crippen molar-refractivity contribution < 1.29 is 46.3 Å². The van der Waals surface area contributed by atoms with Gasteiger partial charge in [-0.05, 0) is 51.0 Å². The number of ketones is 1. The van der Waals surface area contributed by atoms with Crippen LogP contribution in [-0.2, 0) is 40.3 Å². The first-order valence-electron chi connectivity index (χ1n) is 13.9. The summed E-state index contributed by atoms with van der Waals surface area (Å²) in [5.74, 6) is -3.76. The number of carboxylic acid groups (broad SMARTS) is 1. The second kappa shape index (κ2) is 13.8. The van der Waals surface area contributed by atoms with Crippen LogP contribution in [0, 0.1) is 5.92 Å². The number of hydroxylamine groups is 2. The molecule has 0 spiro atoms. The summed E-state index contributed by atoms with van der Waals surface area (Å²) < 4.78 is 41.2. The molecule has 15 nitrogen and oxygen atoms in total. The van der Waals surface area contributed by atoms with Gasteiger partial charge in [0, 0.05) is 22.9 Å². The number of benzene rings is 1. The Morgan fingerprint density at radius 2 is 1.96 bits per heavy atom. The first-order valence-corrected chi connectivity index (χ1v) is 16.2. The Balaban J connectivity index is 1.46. The molecule has 4 N–H and O–H groups in total. The molecule has 2 aromatic heterocycles. The number of aromatic nitrogens is 2. The number of nitrogen functional groups attached to an aromatic ring is 1. The summed E-state index contributed by atoms with van der Waals surface area (Å²) in [6.45, 7) is 4.53. The molecule has 1 unspecified atom stereocenters. The maximum Gasteiger partial charge on any atom is 0.418 e. The number of nitrogens with two attached hydrogens (primary N) is 1. The molecular formula is C28H33N5O10S2. The van der Waals surface area contributed by atoms with E-state index in [-0.39, 0.29) is 10.8 Å². The minimum absolute atomic E-state index is 0.0146. The number of β-lactam (4-membered cyclic amide) rings is 1. The molecular weight excluding hydrogens is 630 g/mol. The van der Waals surface area contributed by atoms with Gasteiger partial charge in [-0.1, -0.05) is 31.0 Å². The SMILES string of the molecule is CCCCCc1ccc2cc(OC[C@H](O/N=C(\C(=O)CC3C(=O)N(OS(=O)(=O)O)C3(C)C)c3csc(N)n3)C(=O)O)ccc2n1. The lowest BCUT2D eigenvalue weighted by Gasteiger charge is -2.50. The number of anilines is 1. The van der Waals surface area contributed by atoms with Crippen molar-refractivity contribution in [2.45, 2.75) is 64.5 Å². The van der Waals surface area contributed by atoms with Gasteiger partial charge in [0.1, 0.15) is 18.1 Å². The number of oxime groups is 1. The van der Waals surface area contributed by atoms with E-state index in [1.807, 2.05) is 12.1 Å². The number of unbranched alkanes of at least 4 members (excludes halogenated alkanes) is 2. The predicted octanol–water partition coefficient (Wildman–Crippen LogP) is 3.19. The number of pyridine rings is 1. The van der Waals surface area contributed by atoms with Crippen LogP contribution < -0.4 is 10.5 Å². The van der Waals surface area contributed by atoms with Crippen molar-refractivity contribution in [3.8, 4) is 5.75 Å². The molecule has 45 heavy (non-hydrogen) atoms. The van der Waals surface area contributed by atoms with Crippen molar-refractivity contribution in [3.05, 3.63) is 47.1 Å². The van der Waals surface area contributed by atoms with E-state index in [1.165, 1.54) is 19.2 Å². The van der Waals surface area contributed by atoms with Crippen LogP contribution in [0.25, 0.3) is 10.9 Å². The molecule has 3 aromatic rings. The number of hydrogen-bond donors (Lipinski definition) is 3. The van der Waals surface area contributed by atoms with Gasteiger partial charge in [-0.25, -0.2) is 9.78 Å². The van der Waals surface area contributed by atoms with Gasteiger partial charge >= 0.3 is 16.4 Å². The van der Waals surface area contributed by atoms with Crippen LogP contribution >= 0.6 is 11.3 Å². The van der Waals surface area contributed by atoms with E-state index in [0.29, 0.717) is 10.8 Å². The maximum atomic E-state index is 13.3. The predicted molar refractivity (Wildman–Crippen MR) is 163 cm³/mol. The van der Waals surface area contributed by atoms with Crippen LogP contribution in [-0.4, -0.2) is 74.7 Å². The van der Waals surface area contributed by atoms with Crippen molar-refractivity contribution in [2.75, 3.05) is 12.3 Å². The molecule has 1 saturated heterocycles. The Labute approximate surface area is 262 Å². The summed E-state index contributed by atoms with van der Waals surface area (Å²) in [7, 11) is -4.98. The number of aliphatic carboxylic acids is 1. The maximum absolute atomic E-state index is 13.3. The number of amides is 1. The fraction of sp³-hybridized carbons (Fsp3) is 0.429. The zero-order valence-electron chi connectivity index (χ0n) is 24.7. The van der Waals surface area contributed by atoms with E-state index in [9.17, 15) is 27.9 Å². The summed E-state index contributed by atoms with van der Waals surface area (Å²) in [4.78, 5) is 51.8. The molecule has 2 atom stereocenters. The minimum atomic E-state index is -4.98. The Bertz CT molecular complexity index is 1720. The number of Topliss-reactive ketones (excluding diaryl/α,β-unsaturated/α-hetero) is 1. The molecule has 1 aliphatic heterocycles. The zero-order valence-corrected chi connectivity index (χ0v) is 26.3. The standard InChI is InChI=1S/C28H33N5O10S2/c1-4-5-6-7-17-9-8-16-12-18(10-11-20(16)30-17)41-14-23(26(36)37)42-32-24(21-15-44-27(29)31-21)22(34)13-19-25(35)33(28(19,2)3)43-45(38,39)40/h8-12,15,19,23H,4-7,13-14H2,1-3H3,(H2,29,31)(H,36,37)(H,38,39,40)/b32-24-/t19?,23-/m0/s1. The third-order valence-corrected chi connectivity index (χ3v) is 8.18. The molecule has 0 radical (unpaired) electrons. The lowest BCUT2D eigenvalue weighted by atomic mass is 9.74. The van der Waals surface area contributed by atoms with Gasteiger partial charge in [0.25, 0.3) is 12.0 Å². The van der Waals surface area contributed by atoms with Crippen molar-refractivity contribution in [2.24, 2.45) is 11.1 Å². The summed E-state index contributed by atoms with van der Waals surface area (Å²) in [6, 6.07) is 9.02. The van der Waals surface area contributed by atoms with Gasteiger partial charge in [-0.2, -0.15) is 13.5 Å². The number of carbonyl (C=O) groups is 3. The van der Waals surface area contributed by atoms with Crippen LogP contribution in [0.5, 0.6) is 5.75 Å². The molecule has 1 aliphatic rings. The fourth-order valence-corrected chi connectivity index (χ4v) is 5.65. The summed E-state index contributed by atoms with van der Waals surface area (Å²) in [6.07, 6.45) is 2.06. The Morgan fingerprint density at radius 1 is 1.20 bits per heavy atom. The van der Waals surface area contributed by atoms with Crippen LogP contribution in [0.2, 0.25) is 0 Å². The van der Waals surface area contributed by atoms with Gasteiger partial charge in [0.05, 0.1) is 17.0 Å². The smallest absolute Gasteiger partial charge is 0.418 e. The van der Waals surface area contributed by atoms with E-state index in [0.717, 1.165) is 53.6 Å². The highest BCUT2D eigenvalue weighted by atomic mass is 32.3. The average molecular weight is 664 g/mol. The molecule has 3 heterocycles. The molecule has 0 saturated carbocycles. The number of hydrogen-bond acceptors (Lipinski definition) is 13.